The normalized spacial score (nSPS) is 19.4. The Labute approximate surface area is 239 Å². The fourth-order valence-electron chi connectivity index (χ4n) is 5.50. The van der Waals surface area contributed by atoms with Crippen LogP contribution in [-0.4, -0.2) is 60.4 Å². The molecule has 2 amide bonds. The average Bonchev–Trinajstić information content (AvgIpc) is 3.67. The fraction of sp³-hybridized carbons (Fsp3) is 0.310. The Balaban J connectivity index is 1.26. The number of nitrogens with one attached hydrogen (secondary N) is 3. The van der Waals surface area contributed by atoms with Crippen LogP contribution in [0.1, 0.15) is 24.0 Å². The van der Waals surface area contributed by atoms with Crippen LogP contribution >= 0.6 is 0 Å². The zero-order valence-corrected chi connectivity index (χ0v) is 23.4. The maximum Gasteiger partial charge on any atom is 0.327 e. The highest BCUT2D eigenvalue weighted by atomic mass is 32.2. The first-order chi connectivity index (χ1) is 19.9. The number of anilines is 1. The molecule has 3 aliphatic heterocycles. The van der Waals surface area contributed by atoms with Crippen LogP contribution in [0.2, 0.25) is 0 Å². The minimum atomic E-state index is -3.78. The van der Waals surface area contributed by atoms with Gasteiger partial charge in [0.25, 0.3) is 0 Å². The molecule has 5 N–H and O–H groups in total. The lowest BCUT2D eigenvalue weighted by Gasteiger charge is -2.33. The van der Waals surface area contributed by atoms with Crippen LogP contribution in [0, 0.1) is 0 Å². The zero-order chi connectivity index (χ0) is 28.4. The maximum absolute atomic E-state index is 14.1. The van der Waals surface area contributed by atoms with E-state index in [-0.39, 0.29) is 17.0 Å². The molecule has 214 valence electrons. The van der Waals surface area contributed by atoms with E-state index in [1.165, 1.54) is 0 Å². The smallest absolute Gasteiger partial charge is 0.327 e. The Morgan fingerprint density at radius 2 is 1.85 bits per heavy atom. The molecule has 0 spiro atoms. The molecule has 0 aliphatic carbocycles. The second kappa shape index (κ2) is 11.5. The fourth-order valence-corrected chi connectivity index (χ4v) is 7.22. The lowest BCUT2D eigenvalue weighted by Crippen LogP contribution is -2.51. The van der Waals surface area contributed by atoms with E-state index in [1.807, 2.05) is 48.7 Å². The van der Waals surface area contributed by atoms with Gasteiger partial charge in [0.15, 0.2) is 0 Å². The van der Waals surface area contributed by atoms with Crippen molar-refractivity contribution in [1.82, 2.24) is 30.0 Å². The zero-order valence-electron chi connectivity index (χ0n) is 22.6. The van der Waals surface area contributed by atoms with Crippen molar-refractivity contribution >= 4 is 27.4 Å². The predicted octanol–water partition coefficient (Wildman–Crippen LogP) is 2.17. The van der Waals surface area contributed by atoms with Gasteiger partial charge in [-0.05, 0) is 73.5 Å². The largest absolute Gasteiger partial charge is 0.361 e. The third-order valence-electron chi connectivity index (χ3n) is 7.74. The summed E-state index contributed by atoms with van der Waals surface area (Å²) in [5.74, 6) is 0. The molecule has 1 atom stereocenters. The van der Waals surface area contributed by atoms with Gasteiger partial charge in [0.05, 0.1) is 17.1 Å². The first-order valence-electron chi connectivity index (χ1n) is 13.8. The monoisotopic (exact) mass is 574 g/mol. The van der Waals surface area contributed by atoms with E-state index in [1.54, 1.807) is 44.5 Å². The first kappa shape index (κ1) is 27.2. The lowest BCUT2D eigenvalue weighted by atomic mass is 10.1. The van der Waals surface area contributed by atoms with Gasteiger partial charge in [-0.15, -0.1) is 0 Å². The van der Waals surface area contributed by atoms with Crippen molar-refractivity contribution in [2.24, 2.45) is 5.73 Å². The molecule has 6 rings (SSSR count). The number of nitrogens with two attached hydrogens (primary N) is 1. The van der Waals surface area contributed by atoms with Crippen LogP contribution in [0.3, 0.4) is 0 Å². The SMILES string of the molecule is NCc1ccc(N2C=C3C=C(c4cccc(S(=O)(=O)N(CCn5cccn5)C5CCNCC5)c4)NC3NC2=O)cc1. The molecule has 2 aromatic carbocycles. The van der Waals surface area contributed by atoms with E-state index in [0.717, 1.165) is 54.0 Å². The van der Waals surface area contributed by atoms with E-state index in [2.05, 4.69) is 21.0 Å². The summed E-state index contributed by atoms with van der Waals surface area (Å²) in [6, 6.07) is 16.0. The van der Waals surface area contributed by atoms with Crippen LogP contribution in [0.5, 0.6) is 0 Å². The van der Waals surface area contributed by atoms with Gasteiger partial charge in [-0.25, -0.2) is 13.2 Å². The lowest BCUT2D eigenvalue weighted by molar-refractivity contribution is 0.244. The van der Waals surface area contributed by atoms with E-state index in [4.69, 9.17) is 5.73 Å². The van der Waals surface area contributed by atoms with Crippen LogP contribution in [0.15, 0.2) is 89.7 Å². The number of sulfonamides is 1. The van der Waals surface area contributed by atoms with Crippen molar-refractivity contribution < 1.29 is 13.2 Å². The number of piperidine rings is 1. The van der Waals surface area contributed by atoms with Gasteiger partial charge in [-0.3, -0.25) is 9.58 Å². The van der Waals surface area contributed by atoms with Gasteiger partial charge >= 0.3 is 6.03 Å². The summed E-state index contributed by atoms with van der Waals surface area (Å²) in [6.07, 6.45) is 8.39. The van der Waals surface area contributed by atoms with Crippen LogP contribution in [0.25, 0.3) is 5.70 Å². The van der Waals surface area contributed by atoms with Crippen molar-refractivity contribution in [2.45, 2.75) is 43.0 Å². The minimum absolute atomic E-state index is 0.0857. The van der Waals surface area contributed by atoms with Crippen molar-refractivity contribution in [2.75, 3.05) is 24.5 Å². The summed E-state index contributed by atoms with van der Waals surface area (Å²) < 4.78 is 31.5. The highest BCUT2D eigenvalue weighted by Gasteiger charge is 2.34. The third kappa shape index (κ3) is 5.64. The van der Waals surface area contributed by atoms with Crippen molar-refractivity contribution in [1.29, 1.82) is 0 Å². The van der Waals surface area contributed by atoms with Crippen LogP contribution in [0.4, 0.5) is 10.5 Å². The highest BCUT2D eigenvalue weighted by Crippen LogP contribution is 2.30. The minimum Gasteiger partial charge on any atom is -0.361 e. The van der Waals surface area contributed by atoms with Gasteiger partial charge < -0.3 is 21.7 Å². The predicted molar refractivity (Wildman–Crippen MR) is 157 cm³/mol. The molecule has 1 aromatic heterocycles. The number of nitrogens with zero attached hydrogens (tertiary/aromatic N) is 4. The standard InChI is InChI=1S/C29H34N8O3S/c30-19-21-5-7-24(8-6-21)36-20-23-18-27(33-28(23)34-29(36)38)22-3-1-4-26(17-22)41(39,40)37(25-9-12-31-13-10-25)16-15-35-14-2-11-32-35/h1-8,11,14,17-18,20,25,28,31,33H,9-10,12-13,15-16,19,30H2,(H,34,38). The number of amides is 2. The molecule has 1 unspecified atom stereocenters. The highest BCUT2D eigenvalue weighted by molar-refractivity contribution is 7.89. The summed E-state index contributed by atoms with van der Waals surface area (Å²) in [4.78, 5) is 14.7. The van der Waals surface area contributed by atoms with Gasteiger partial charge in [0, 0.05) is 49.0 Å². The van der Waals surface area contributed by atoms with E-state index in [0.29, 0.717) is 19.6 Å². The molecule has 0 saturated carbocycles. The van der Waals surface area contributed by atoms with Gasteiger partial charge in [-0.1, -0.05) is 24.3 Å². The first-order valence-corrected chi connectivity index (χ1v) is 15.3. The topological polar surface area (TPSA) is 138 Å². The van der Waals surface area contributed by atoms with Gasteiger partial charge in [-0.2, -0.15) is 9.40 Å². The molecule has 0 radical (unpaired) electrons. The molecule has 41 heavy (non-hydrogen) atoms. The second-order valence-corrected chi connectivity index (χ2v) is 12.2. The van der Waals surface area contributed by atoms with Crippen molar-refractivity contribution in [3.8, 4) is 0 Å². The van der Waals surface area contributed by atoms with Crippen LogP contribution in [-0.2, 0) is 23.1 Å². The Hall–Kier alpha value is -3.97. The van der Waals surface area contributed by atoms with Crippen LogP contribution < -0.4 is 26.6 Å². The number of benzene rings is 2. The number of hydrogen-bond donors (Lipinski definition) is 4. The molecular weight excluding hydrogens is 540 g/mol. The summed E-state index contributed by atoms with van der Waals surface area (Å²) in [5, 5.41) is 13.9. The van der Waals surface area contributed by atoms with Gasteiger partial charge in [0.2, 0.25) is 10.0 Å². The van der Waals surface area contributed by atoms with Gasteiger partial charge in [0.1, 0.15) is 6.17 Å². The molecule has 3 aromatic rings. The molecule has 1 saturated heterocycles. The number of carbonyl (C=O) groups is 1. The quantitative estimate of drug-likeness (QED) is 0.307. The summed E-state index contributed by atoms with van der Waals surface area (Å²) in [5.41, 5.74) is 9.75. The number of carbonyl (C=O) groups excluding carboxylic acids is 1. The third-order valence-corrected chi connectivity index (χ3v) is 9.68. The molecular formula is C29H34N8O3S. The Morgan fingerprint density at radius 3 is 2.59 bits per heavy atom. The number of rotatable bonds is 9. The summed E-state index contributed by atoms with van der Waals surface area (Å²) >= 11 is 0. The maximum atomic E-state index is 14.1. The Morgan fingerprint density at radius 1 is 1.05 bits per heavy atom. The number of fused-ring (bicyclic) bond motifs is 1. The van der Waals surface area contributed by atoms with Crippen molar-refractivity contribution in [3.63, 3.8) is 0 Å². The Bertz CT molecular complexity index is 1560. The molecule has 1 fully saturated rings. The van der Waals surface area contributed by atoms with E-state index in [9.17, 15) is 13.2 Å². The number of aromatic nitrogens is 2. The molecule has 0 bridgehead atoms. The van der Waals surface area contributed by atoms with E-state index >= 15 is 0 Å². The number of hydrogen-bond acceptors (Lipinski definition) is 7. The Kier molecular flexibility index (Phi) is 7.63. The molecule has 11 nitrogen and oxygen atoms in total. The van der Waals surface area contributed by atoms with E-state index < -0.39 is 16.2 Å². The molecule has 4 heterocycles. The molecule has 12 heteroatoms. The average molecular weight is 575 g/mol. The van der Waals surface area contributed by atoms with Crippen molar-refractivity contribution in [3.05, 3.63) is 96.0 Å². The second-order valence-electron chi connectivity index (χ2n) is 10.3. The molecule has 3 aliphatic rings. The summed E-state index contributed by atoms with van der Waals surface area (Å²) in [7, 11) is -3.78. The number of urea groups is 1. The summed E-state index contributed by atoms with van der Waals surface area (Å²) in [6.45, 7) is 2.81.